The Labute approximate surface area is 203 Å². The van der Waals surface area contributed by atoms with Gasteiger partial charge in [0.05, 0.1) is 6.10 Å². The fraction of sp³-hybridized carbons (Fsp3) is 1.00. The van der Waals surface area contributed by atoms with E-state index >= 15 is 0 Å². The lowest BCUT2D eigenvalue weighted by molar-refractivity contribution is 0.0899. The third kappa shape index (κ3) is 24.5. The van der Waals surface area contributed by atoms with Crippen molar-refractivity contribution in [3.63, 3.8) is 0 Å². The highest BCUT2D eigenvalue weighted by Gasteiger charge is 2.11. The average molecular weight is 455 g/mol. The van der Waals surface area contributed by atoms with E-state index in [2.05, 4.69) is 37.7 Å². The summed E-state index contributed by atoms with van der Waals surface area (Å²) < 4.78 is 0. The van der Waals surface area contributed by atoms with Crippen LogP contribution in [-0.4, -0.2) is 61.3 Å². The summed E-state index contributed by atoms with van der Waals surface area (Å²) in [6, 6.07) is 0. The van der Waals surface area contributed by atoms with Crippen LogP contribution in [0.1, 0.15) is 142 Å². The van der Waals surface area contributed by atoms with Gasteiger partial charge in [-0.2, -0.15) is 0 Å². The molecule has 3 nitrogen and oxygen atoms in total. The summed E-state index contributed by atoms with van der Waals surface area (Å²) >= 11 is 0. The molecule has 0 unspecified atom stereocenters. The van der Waals surface area contributed by atoms with Crippen LogP contribution in [0.15, 0.2) is 0 Å². The molecule has 0 bridgehead atoms. The van der Waals surface area contributed by atoms with Crippen LogP contribution in [-0.2, 0) is 0 Å². The smallest absolute Gasteiger partial charge is 0.0793 e. The number of unbranched alkanes of at least 4 members (excludes halogenated alkanes) is 18. The Morgan fingerprint density at radius 1 is 0.438 bits per heavy atom. The molecule has 0 aromatic heterocycles. The first-order chi connectivity index (χ1) is 15.6. The predicted octanol–water partition coefficient (Wildman–Crippen LogP) is 8.05. The van der Waals surface area contributed by atoms with Gasteiger partial charge in [-0.1, -0.05) is 129 Å². The highest BCUT2D eigenvalue weighted by molar-refractivity contribution is 4.66. The lowest BCUT2D eigenvalue weighted by Gasteiger charge is -2.24. The van der Waals surface area contributed by atoms with Gasteiger partial charge in [0.25, 0.3) is 0 Å². The Morgan fingerprint density at radius 3 is 0.969 bits per heavy atom. The molecule has 1 N–H and O–H groups in total. The summed E-state index contributed by atoms with van der Waals surface area (Å²) in [5, 5.41) is 10.4. The first-order valence-electron chi connectivity index (χ1n) is 14.6. The molecule has 0 aliphatic heterocycles. The van der Waals surface area contributed by atoms with Gasteiger partial charge in [0, 0.05) is 13.1 Å². The average Bonchev–Trinajstić information content (AvgIpc) is 2.76. The van der Waals surface area contributed by atoms with Crippen molar-refractivity contribution in [1.29, 1.82) is 0 Å². The summed E-state index contributed by atoms with van der Waals surface area (Å²) in [5.41, 5.74) is 0. The summed E-state index contributed by atoms with van der Waals surface area (Å²) in [6.45, 7) is 8.42. The highest BCUT2D eigenvalue weighted by Crippen LogP contribution is 2.12. The maximum Gasteiger partial charge on any atom is 0.0793 e. The van der Waals surface area contributed by atoms with Crippen molar-refractivity contribution in [3.05, 3.63) is 0 Å². The van der Waals surface area contributed by atoms with Crippen LogP contribution < -0.4 is 0 Å². The Bertz CT molecular complexity index is 318. The molecule has 0 rings (SSSR count). The number of aliphatic hydroxyl groups is 1. The van der Waals surface area contributed by atoms with Crippen molar-refractivity contribution >= 4 is 0 Å². The summed E-state index contributed by atoms with van der Waals surface area (Å²) in [4.78, 5) is 4.65. The predicted molar refractivity (Wildman–Crippen MR) is 145 cm³/mol. The molecule has 0 aromatic rings. The lowest BCUT2D eigenvalue weighted by Crippen LogP contribution is -2.38. The molecule has 3 heteroatoms. The molecule has 0 atom stereocenters. The largest absolute Gasteiger partial charge is 0.390 e. The van der Waals surface area contributed by atoms with Crippen LogP contribution in [0.3, 0.4) is 0 Å². The minimum Gasteiger partial charge on any atom is -0.390 e. The Morgan fingerprint density at radius 2 is 0.688 bits per heavy atom. The maximum absolute atomic E-state index is 10.4. The fourth-order valence-corrected chi connectivity index (χ4v) is 4.70. The molecule has 0 aromatic carbocycles. The van der Waals surface area contributed by atoms with E-state index in [-0.39, 0.29) is 6.10 Å². The number of likely N-dealkylation sites (N-methyl/N-ethyl adjacent to an activating group) is 2. The minimum absolute atomic E-state index is 0.226. The van der Waals surface area contributed by atoms with E-state index in [1.165, 1.54) is 128 Å². The number of hydrogen-bond donors (Lipinski definition) is 1. The summed E-state index contributed by atoms with van der Waals surface area (Å²) in [5.74, 6) is 0. The van der Waals surface area contributed by atoms with Gasteiger partial charge in [-0.05, 0) is 40.0 Å². The topological polar surface area (TPSA) is 26.7 Å². The van der Waals surface area contributed by atoms with Crippen LogP contribution in [0, 0.1) is 0 Å². The van der Waals surface area contributed by atoms with E-state index in [0.29, 0.717) is 0 Å². The van der Waals surface area contributed by atoms with Crippen molar-refractivity contribution in [1.82, 2.24) is 9.80 Å². The minimum atomic E-state index is -0.226. The quantitative estimate of drug-likeness (QED) is 0.134. The van der Waals surface area contributed by atoms with Gasteiger partial charge in [0.2, 0.25) is 0 Å². The zero-order valence-corrected chi connectivity index (χ0v) is 22.9. The van der Waals surface area contributed by atoms with Gasteiger partial charge in [0.15, 0.2) is 0 Å². The maximum atomic E-state index is 10.4. The van der Waals surface area contributed by atoms with Gasteiger partial charge in [-0.15, -0.1) is 0 Å². The van der Waals surface area contributed by atoms with E-state index in [1.807, 2.05) is 0 Å². The van der Waals surface area contributed by atoms with Crippen molar-refractivity contribution in [2.75, 3.05) is 40.3 Å². The molecule has 0 aliphatic rings. The molecule has 0 radical (unpaired) electrons. The zero-order chi connectivity index (χ0) is 23.7. The van der Waals surface area contributed by atoms with Crippen molar-refractivity contribution in [2.24, 2.45) is 0 Å². The van der Waals surface area contributed by atoms with E-state index in [1.54, 1.807) is 0 Å². The van der Waals surface area contributed by atoms with Crippen molar-refractivity contribution in [2.45, 2.75) is 148 Å². The molecule has 0 saturated carbocycles. The van der Waals surface area contributed by atoms with Crippen LogP contribution >= 0.6 is 0 Å². The second-order valence-corrected chi connectivity index (χ2v) is 10.5. The van der Waals surface area contributed by atoms with Crippen LogP contribution in [0.5, 0.6) is 0 Å². The first kappa shape index (κ1) is 31.9. The number of nitrogens with zero attached hydrogens (tertiary/aromatic N) is 2. The number of hydrogen-bond acceptors (Lipinski definition) is 3. The van der Waals surface area contributed by atoms with Crippen LogP contribution in [0.4, 0.5) is 0 Å². The molecule has 32 heavy (non-hydrogen) atoms. The second kappa shape index (κ2) is 25.5. The third-order valence-corrected chi connectivity index (χ3v) is 6.83. The molecule has 0 aliphatic carbocycles. The lowest BCUT2D eigenvalue weighted by atomic mass is 10.1. The van der Waals surface area contributed by atoms with Gasteiger partial charge < -0.3 is 14.9 Å². The van der Waals surface area contributed by atoms with Gasteiger partial charge in [-0.25, -0.2) is 0 Å². The molecule has 194 valence electrons. The van der Waals surface area contributed by atoms with Gasteiger partial charge in [-0.3, -0.25) is 0 Å². The number of rotatable bonds is 26. The van der Waals surface area contributed by atoms with Crippen molar-refractivity contribution < 1.29 is 5.11 Å². The van der Waals surface area contributed by atoms with E-state index in [0.717, 1.165) is 26.2 Å². The molecule has 0 spiro atoms. The first-order valence-corrected chi connectivity index (χ1v) is 14.6. The fourth-order valence-electron chi connectivity index (χ4n) is 4.70. The number of aliphatic hydroxyl groups excluding tert-OH is 1. The normalized spacial score (nSPS) is 12.0. The Balaban J connectivity index is 3.44. The second-order valence-electron chi connectivity index (χ2n) is 10.5. The molecule has 0 saturated heterocycles. The molecule has 0 amide bonds. The SMILES string of the molecule is CCCCCCCCCCCCN(C)CC(O)CN(C)CCCCCCCCCCCC. The van der Waals surface area contributed by atoms with Crippen LogP contribution in [0.2, 0.25) is 0 Å². The Hall–Kier alpha value is -0.120. The van der Waals surface area contributed by atoms with E-state index < -0.39 is 0 Å². The monoisotopic (exact) mass is 454 g/mol. The van der Waals surface area contributed by atoms with Crippen molar-refractivity contribution in [3.8, 4) is 0 Å². The molecular weight excluding hydrogens is 392 g/mol. The van der Waals surface area contributed by atoms with E-state index in [9.17, 15) is 5.11 Å². The van der Waals surface area contributed by atoms with Crippen LogP contribution in [0.25, 0.3) is 0 Å². The zero-order valence-electron chi connectivity index (χ0n) is 22.9. The Kier molecular flexibility index (Phi) is 25.4. The molecule has 0 fully saturated rings. The van der Waals surface area contributed by atoms with Gasteiger partial charge in [0.1, 0.15) is 0 Å². The van der Waals surface area contributed by atoms with Gasteiger partial charge >= 0.3 is 0 Å². The summed E-state index contributed by atoms with van der Waals surface area (Å²) in [6.07, 6.45) is 27.5. The van der Waals surface area contributed by atoms with E-state index in [4.69, 9.17) is 0 Å². The third-order valence-electron chi connectivity index (χ3n) is 6.83. The highest BCUT2D eigenvalue weighted by atomic mass is 16.3. The summed E-state index contributed by atoms with van der Waals surface area (Å²) in [7, 11) is 4.33. The standard InChI is InChI=1S/C29H62N2O/c1-5-7-9-11-13-15-17-19-21-23-25-30(3)27-29(32)28-31(4)26-24-22-20-18-16-14-12-10-8-6-2/h29,32H,5-28H2,1-4H3. The molecular formula is C29H62N2O. The molecule has 0 heterocycles.